The van der Waals surface area contributed by atoms with E-state index in [1.54, 1.807) is 0 Å². The summed E-state index contributed by atoms with van der Waals surface area (Å²) in [5.41, 5.74) is 9.40. The normalized spacial score (nSPS) is 11.0. The van der Waals surface area contributed by atoms with Gasteiger partial charge in [0.15, 0.2) is 5.96 Å². The Hall–Kier alpha value is -1.60. The van der Waals surface area contributed by atoms with Crippen LogP contribution in [-0.4, -0.2) is 19.1 Å². The summed E-state index contributed by atoms with van der Waals surface area (Å²) >= 11 is 0. The van der Waals surface area contributed by atoms with E-state index in [0.717, 1.165) is 31.6 Å². The van der Waals surface area contributed by atoms with E-state index in [9.17, 15) is 0 Å². The predicted molar refractivity (Wildman–Crippen MR) is 117 cm³/mol. The van der Waals surface area contributed by atoms with E-state index in [1.165, 1.54) is 11.1 Å². The van der Waals surface area contributed by atoms with Crippen LogP contribution in [0.5, 0.6) is 0 Å². The molecule has 0 saturated heterocycles. The topological polar surface area (TPSA) is 59.6 Å². The SMILES string of the molecule is CCc1cccc(NC(N)=NCCCCOCc2ccccc2)c1.I. The van der Waals surface area contributed by atoms with Gasteiger partial charge in [-0.15, -0.1) is 24.0 Å². The van der Waals surface area contributed by atoms with Gasteiger partial charge in [-0.05, 0) is 42.5 Å². The Balaban J connectivity index is 0.00000312. The van der Waals surface area contributed by atoms with Crippen molar-refractivity contribution in [3.05, 3.63) is 65.7 Å². The molecule has 0 unspecified atom stereocenters. The Morgan fingerprint density at radius 2 is 1.80 bits per heavy atom. The number of guanidine groups is 1. The van der Waals surface area contributed by atoms with Gasteiger partial charge in [0, 0.05) is 18.8 Å². The minimum atomic E-state index is 0. The van der Waals surface area contributed by atoms with Crippen molar-refractivity contribution in [3.8, 4) is 0 Å². The van der Waals surface area contributed by atoms with Crippen molar-refractivity contribution in [1.29, 1.82) is 0 Å². The quantitative estimate of drug-likeness (QED) is 0.253. The zero-order chi connectivity index (χ0) is 17.0. The fraction of sp³-hybridized carbons (Fsp3) is 0.350. The molecule has 2 aromatic carbocycles. The number of aliphatic imine (C=N–C) groups is 1. The molecule has 2 rings (SSSR count). The molecule has 0 aliphatic rings. The van der Waals surface area contributed by atoms with Crippen molar-refractivity contribution in [2.75, 3.05) is 18.5 Å². The molecule has 0 aliphatic carbocycles. The highest BCUT2D eigenvalue weighted by molar-refractivity contribution is 14.0. The van der Waals surface area contributed by atoms with Crippen LogP contribution in [0, 0.1) is 0 Å². The average molecular weight is 453 g/mol. The van der Waals surface area contributed by atoms with Crippen LogP contribution in [0.2, 0.25) is 0 Å². The number of hydrogen-bond acceptors (Lipinski definition) is 2. The van der Waals surface area contributed by atoms with Crippen LogP contribution in [0.4, 0.5) is 5.69 Å². The lowest BCUT2D eigenvalue weighted by Crippen LogP contribution is -2.22. The molecule has 5 heteroatoms. The van der Waals surface area contributed by atoms with E-state index < -0.39 is 0 Å². The monoisotopic (exact) mass is 453 g/mol. The van der Waals surface area contributed by atoms with Crippen LogP contribution in [0.25, 0.3) is 0 Å². The van der Waals surface area contributed by atoms with E-state index >= 15 is 0 Å². The number of nitrogens with two attached hydrogens (primary N) is 1. The van der Waals surface area contributed by atoms with E-state index in [-0.39, 0.29) is 24.0 Å². The van der Waals surface area contributed by atoms with Gasteiger partial charge in [0.25, 0.3) is 0 Å². The largest absolute Gasteiger partial charge is 0.377 e. The lowest BCUT2D eigenvalue weighted by molar-refractivity contribution is 0.117. The van der Waals surface area contributed by atoms with Gasteiger partial charge >= 0.3 is 0 Å². The third-order valence-corrected chi connectivity index (χ3v) is 3.70. The summed E-state index contributed by atoms with van der Waals surface area (Å²) in [5, 5.41) is 3.14. The predicted octanol–water partition coefficient (Wildman–Crippen LogP) is 4.59. The van der Waals surface area contributed by atoms with Gasteiger partial charge in [-0.1, -0.05) is 49.4 Å². The third-order valence-electron chi connectivity index (χ3n) is 3.70. The van der Waals surface area contributed by atoms with Gasteiger partial charge in [-0.25, -0.2) is 0 Å². The lowest BCUT2D eigenvalue weighted by Gasteiger charge is -2.07. The summed E-state index contributed by atoms with van der Waals surface area (Å²) < 4.78 is 5.65. The Morgan fingerprint density at radius 3 is 2.56 bits per heavy atom. The number of halogens is 1. The van der Waals surface area contributed by atoms with Crippen LogP contribution in [0.1, 0.15) is 30.9 Å². The summed E-state index contributed by atoms with van der Waals surface area (Å²) in [6.07, 6.45) is 2.96. The molecular formula is C20H28IN3O. The summed E-state index contributed by atoms with van der Waals surface area (Å²) in [6.45, 7) is 4.26. The second kappa shape index (κ2) is 12.7. The molecule has 4 nitrogen and oxygen atoms in total. The zero-order valence-electron chi connectivity index (χ0n) is 14.8. The van der Waals surface area contributed by atoms with Gasteiger partial charge in [0.05, 0.1) is 6.61 Å². The van der Waals surface area contributed by atoms with Crippen molar-refractivity contribution >= 4 is 35.6 Å². The molecule has 0 amide bonds. The number of aryl methyl sites for hydroxylation is 1. The number of ether oxygens (including phenoxy) is 1. The maximum absolute atomic E-state index is 5.92. The summed E-state index contributed by atoms with van der Waals surface area (Å²) in [7, 11) is 0. The molecule has 0 atom stereocenters. The Kier molecular flexibility index (Phi) is 10.9. The molecule has 0 fully saturated rings. The molecule has 0 aromatic heterocycles. The Labute approximate surface area is 167 Å². The highest BCUT2D eigenvalue weighted by Crippen LogP contribution is 2.10. The smallest absolute Gasteiger partial charge is 0.193 e. The first-order valence-corrected chi connectivity index (χ1v) is 8.55. The fourth-order valence-electron chi connectivity index (χ4n) is 2.34. The van der Waals surface area contributed by atoms with E-state index in [0.29, 0.717) is 19.1 Å². The van der Waals surface area contributed by atoms with Crippen molar-refractivity contribution in [2.24, 2.45) is 10.7 Å². The fourth-order valence-corrected chi connectivity index (χ4v) is 2.34. The van der Waals surface area contributed by atoms with Crippen LogP contribution >= 0.6 is 24.0 Å². The van der Waals surface area contributed by atoms with Gasteiger partial charge in [-0.2, -0.15) is 0 Å². The van der Waals surface area contributed by atoms with Gasteiger partial charge < -0.3 is 15.8 Å². The van der Waals surface area contributed by atoms with E-state index in [4.69, 9.17) is 10.5 Å². The molecule has 0 radical (unpaired) electrons. The summed E-state index contributed by atoms with van der Waals surface area (Å²) in [5.74, 6) is 0.466. The highest BCUT2D eigenvalue weighted by atomic mass is 127. The van der Waals surface area contributed by atoms with Gasteiger partial charge in [0.1, 0.15) is 0 Å². The molecule has 0 heterocycles. The van der Waals surface area contributed by atoms with Crippen LogP contribution in [0.3, 0.4) is 0 Å². The number of benzene rings is 2. The Bertz CT molecular complexity index is 632. The van der Waals surface area contributed by atoms with Crippen LogP contribution < -0.4 is 11.1 Å². The Morgan fingerprint density at radius 1 is 1.04 bits per heavy atom. The van der Waals surface area contributed by atoms with E-state index in [1.807, 2.05) is 30.3 Å². The van der Waals surface area contributed by atoms with Crippen molar-refractivity contribution < 1.29 is 4.74 Å². The molecule has 0 bridgehead atoms. The van der Waals surface area contributed by atoms with Gasteiger partial charge in [0.2, 0.25) is 0 Å². The van der Waals surface area contributed by atoms with Gasteiger partial charge in [-0.3, -0.25) is 4.99 Å². The number of anilines is 1. The molecule has 3 N–H and O–H groups in total. The number of nitrogens with zero attached hydrogens (tertiary/aromatic N) is 1. The first-order chi connectivity index (χ1) is 11.8. The maximum Gasteiger partial charge on any atom is 0.193 e. The maximum atomic E-state index is 5.92. The molecule has 136 valence electrons. The number of rotatable bonds is 9. The average Bonchev–Trinajstić information content (AvgIpc) is 2.62. The zero-order valence-corrected chi connectivity index (χ0v) is 17.1. The molecule has 2 aromatic rings. The molecule has 0 saturated carbocycles. The first kappa shape index (κ1) is 21.4. The second-order valence-electron chi connectivity index (χ2n) is 5.69. The van der Waals surface area contributed by atoms with Crippen molar-refractivity contribution in [2.45, 2.75) is 32.8 Å². The second-order valence-corrected chi connectivity index (χ2v) is 5.69. The van der Waals surface area contributed by atoms with E-state index in [2.05, 4.69) is 41.5 Å². The lowest BCUT2D eigenvalue weighted by atomic mass is 10.1. The molecule has 0 aliphatic heterocycles. The molecule has 0 spiro atoms. The number of unbranched alkanes of at least 4 members (excludes halogenated alkanes) is 1. The third kappa shape index (κ3) is 8.88. The van der Waals surface area contributed by atoms with Crippen LogP contribution in [0.15, 0.2) is 59.6 Å². The molecule has 25 heavy (non-hydrogen) atoms. The summed E-state index contributed by atoms with van der Waals surface area (Å²) in [4.78, 5) is 4.36. The van der Waals surface area contributed by atoms with Crippen molar-refractivity contribution in [3.63, 3.8) is 0 Å². The van der Waals surface area contributed by atoms with Crippen molar-refractivity contribution in [1.82, 2.24) is 0 Å². The first-order valence-electron chi connectivity index (χ1n) is 8.55. The van der Waals surface area contributed by atoms with Crippen LogP contribution in [-0.2, 0) is 17.8 Å². The highest BCUT2D eigenvalue weighted by Gasteiger charge is 1.97. The minimum Gasteiger partial charge on any atom is -0.377 e. The number of nitrogens with one attached hydrogen (secondary N) is 1. The standard InChI is InChI=1S/C20H27N3O.HI/c1-2-17-11-8-12-19(15-17)23-20(21)22-13-6-7-14-24-16-18-9-4-3-5-10-18;/h3-5,8-12,15H,2,6-7,13-14,16H2,1H3,(H3,21,22,23);1H. The summed E-state index contributed by atoms with van der Waals surface area (Å²) in [6, 6.07) is 18.4. The molecular weight excluding hydrogens is 425 g/mol. The minimum absolute atomic E-state index is 0. The number of hydrogen-bond donors (Lipinski definition) is 2.